The maximum Gasteiger partial charge on any atom is 0.160 e. The Morgan fingerprint density at radius 2 is 1.13 bits per heavy atom. The molecule has 7 aromatic carbocycles. The molecule has 0 aliphatic heterocycles. The Kier molecular flexibility index (Phi) is 6.59. The summed E-state index contributed by atoms with van der Waals surface area (Å²) >= 11 is 1.97. The number of thiophene rings is 1. The summed E-state index contributed by atoms with van der Waals surface area (Å²) in [4.78, 5) is 11.9. The molecule has 0 bridgehead atoms. The van der Waals surface area contributed by atoms with Crippen molar-refractivity contribution >= 4 is 82.0 Å². The molecule has 4 heterocycles. The van der Waals surface area contributed by atoms with Gasteiger partial charge in [0.1, 0.15) is 0 Å². The van der Waals surface area contributed by atoms with E-state index in [0.717, 1.165) is 52.1 Å². The number of aryl methyl sites for hydroxylation is 1. The maximum absolute atomic E-state index is 5.26. The molecule has 55 heavy (non-hydrogen) atoms. The molecule has 4 aromatic heterocycles. The van der Waals surface area contributed by atoms with E-state index in [-0.39, 0.29) is 0 Å². The third-order valence-electron chi connectivity index (χ3n) is 11.3. The SMILES string of the molecule is C1=Cc2c(sc3c2c2c(c4ccccc4n2-c2ccccc2)c2c4ccccc4n(-c4cccc(-c5nc(-c6ccccc6)c6ccccc6n5)c4)c32)CC1. The van der Waals surface area contributed by atoms with Crippen LogP contribution in [0.1, 0.15) is 16.9 Å². The van der Waals surface area contributed by atoms with Crippen molar-refractivity contribution in [2.75, 3.05) is 0 Å². The van der Waals surface area contributed by atoms with Gasteiger partial charge in [-0.15, -0.1) is 11.3 Å². The van der Waals surface area contributed by atoms with E-state index >= 15 is 0 Å². The number of hydrogen-bond acceptors (Lipinski definition) is 3. The number of hydrogen-bond donors (Lipinski definition) is 0. The molecule has 1 aliphatic carbocycles. The van der Waals surface area contributed by atoms with E-state index in [0.29, 0.717) is 0 Å². The molecule has 0 amide bonds. The Morgan fingerprint density at radius 3 is 1.91 bits per heavy atom. The van der Waals surface area contributed by atoms with Crippen molar-refractivity contribution < 1.29 is 0 Å². The average Bonchev–Trinajstić information content (AvgIpc) is 3.92. The van der Waals surface area contributed by atoms with Crippen LogP contribution in [0.15, 0.2) is 164 Å². The molecule has 0 spiro atoms. The van der Waals surface area contributed by atoms with Crippen LogP contribution in [0.3, 0.4) is 0 Å². The van der Waals surface area contributed by atoms with Crippen molar-refractivity contribution in [3.8, 4) is 34.0 Å². The van der Waals surface area contributed by atoms with Crippen LogP contribution in [0, 0.1) is 0 Å². The Labute approximate surface area is 320 Å². The Hall–Kier alpha value is -6.82. The zero-order valence-corrected chi connectivity index (χ0v) is 30.6. The topological polar surface area (TPSA) is 35.6 Å². The largest absolute Gasteiger partial charge is 0.309 e. The number of benzene rings is 7. The second kappa shape index (κ2) is 11.8. The molecule has 0 saturated heterocycles. The monoisotopic (exact) mass is 720 g/mol. The number of fused-ring (bicyclic) bond motifs is 13. The predicted molar refractivity (Wildman–Crippen MR) is 232 cm³/mol. The zero-order chi connectivity index (χ0) is 36.0. The fourth-order valence-electron chi connectivity index (χ4n) is 9.03. The summed E-state index contributed by atoms with van der Waals surface area (Å²) in [7, 11) is 0. The maximum atomic E-state index is 5.26. The first-order chi connectivity index (χ1) is 27.3. The second-order valence-electron chi connectivity index (χ2n) is 14.4. The molecule has 0 unspecified atom stereocenters. The van der Waals surface area contributed by atoms with Crippen molar-refractivity contribution in [1.82, 2.24) is 19.1 Å². The molecule has 258 valence electrons. The van der Waals surface area contributed by atoms with Gasteiger partial charge in [0.05, 0.1) is 38.0 Å². The molecular weight excluding hydrogens is 689 g/mol. The van der Waals surface area contributed by atoms with E-state index < -0.39 is 0 Å². The fraction of sp³-hybridized carbons (Fsp3) is 0.0400. The number of nitrogens with zero attached hydrogens (tertiary/aromatic N) is 4. The lowest BCUT2D eigenvalue weighted by molar-refractivity contribution is 1.02. The first-order valence-corrected chi connectivity index (χ1v) is 19.7. The van der Waals surface area contributed by atoms with Crippen molar-refractivity contribution in [2.24, 2.45) is 0 Å². The van der Waals surface area contributed by atoms with Crippen LogP contribution in [0.4, 0.5) is 0 Å². The van der Waals surface area contributed by atoms with Gasteiger partial charge in [-0.1, -0.05) is 127 Å². The molecule has 4 nitrogen and oxygen atoms in total. The Bertz CT molecular complexity index is 3370. The van der Waals surface area contributed by atoms with Gasteiger partial charge in [-0.05, 0) is 60.9 Å². The Morgan fingerprint density at radius 1 is 0.509 bits per heavy atom. The highest BCUT2D eigenvalue weighted by Gasteiger charge is 2.28. The molecule has 0 radical (unpaired) electrons. The Balaban J connectivity index is 1.22. The zero-order valence-electron chi connectivity index (χ0n) is 29.8. The van der Waals surface area contributed by atoms with Gasteiger partial charge in [0.25, 0.3) is 0 Å². The molecule has 0 saturated carbocycles. The van der Waals surface area contributed by atoms with Crippen LogP contribution in [0.2, 0.25) is 0 Å². The number of allylic oxidation sites excluding steroid dienone is 1. The van der Waals surface area contributed by atoms with Gasteiger partial charge < -0.3 is 9.13 Å². The number of para-hydroxylation sites is 4. The smallest absolute Gasteiger partial charge is 0.160 e. The summed E-state index contributed by atoms with van der Waals surface area (Å²) in [6.45, 7) is 0. The third kappa shape index (κ3) is 4.45. The van der Waals surface area contributed by atoms with Crippen LogP contribution < -0.4 is 0 Å². The van der Waals surface area contributed by atoms with Crippen LogP contribution in [0.5, 0.6) is 0 Å². The summed E-state index contributed by atoms with van der Waals surface area (Å²) in [5.74, 6) is 0.718. The van der Waals surface area contributed by atoms with Gasteiger partial charge in [0.15, 0.2) is 5.82 Å². The molecule has 0 fully saturated rings. The number of rotatable bonds is 4. The highest BCUT2D eigenvalue weighted by atomic mass is 32.1. The van der Waals surface area contributed by atoms with Gasteiger partial charge in [-0.3, -0.25) is 0 Å². The third-order valence-corrected chi connectivity index (χ3v) is 12.6. The van der Waals surface area contributed by atoms with E-state index in [1.54, 1.807) is 0 Å². The van der Waals surface area contributed by atoms with Crippen molar-refractivity contribution in [3.63, 3.8) is 0 Å². The van der Waals surface area contributed by atoms with Crippen LogP contribution in [0.25, 0.3) is 105 Å². The molecule has 0 N–H and O–H groups in total. The lowest BCUT2D eigenvalue weighted by Crippen LogP contribution is -1.98. The van der Waals surface area contributed by atoms with Crippen LogP contribution >= 0.6 is 11.3 Å². The molecule has 12 rings (SSSR count). The summed E-state index contributed by atoms with van der Waals surface area (Å²) in [5.41, 5.74) is 12.5. The van der Waals surface area contributed by atoms with Gasteiger partial charge in [-0.2, -0.15) is 0 Å². The minimum absolute atomic E-state index is 0.718. The first-order valence-electron chi connectivity index (χ1n) is 18.9. The van der Waals surface area contributed by atoms with Crippen molar-refractivity contribution in [1.29, 1.82) is 0 Å². The molecule has 5 heteroatoms. The van der Waals surface area contributed by atoms with Gasteiger partial charge in [0, 0.05) is 59.7 Å². The standard InChI is InChI=1S/C50H32N4S/c1-3-16-31(17-4-1)46-35-22-7-11-26-39(35)51-50(52-46)32-18-15-21-34(30-32)54-41-28-13-9-24-37(41)44-43-36-23-8-12-27-40(36)53(33-19-5-2-6-20-33)47(43)45-38-25-10-14-29-42(38)55-49(45)48(44)54/h1-13,15-28,30H,14,29H2. The summed E-state index contributed by atoms with van der Waals surface area (Å²) in [6.07, 6.45) is 6.85. The minimum atomic E-state index is 0.718. The molecule has 11 aromatic rings. The second-order valence-corrected chi connectivity index (χ2v) is 15.5. The van der Waals surface area contributed by atoms with E-state index in [4.69, 9.17) is 9.97 Å². The lowest BCUT2D eigenvalue weighted by Gasteiger charge is -2.13. The normalized spacial score (nSPS) is 12.9. The van der Waals surface area contributed by atoms with E-state index in [9.17, 15) is 0 Å². The van der Waals surface area contributed by atoms with E-state index in [2.05, 4.69) is 173 Å². The van der Waals surface area contributed by atoms with E-state index in [1.807, 2.05) is 17.4 Å². The minimum Gasteiger partial charge on any atom is -0.309 e. The number of aromatic nitrogens is 4. The molecular formula is C50H32N4S. The fourth-order valence-corrected chi connectivity index (χ4v) is 10.4. The average molecular weight is 721 g/mol. The summed E-state index contributed by atoms with van der Waals surface area (Å²) in [6, 6.07) is 56.4. The highest BCUT2D eigenvalue weighted by molar-refractivity contribution is 7.20. The van der Waals surface area contributed by atoms with E-state index in [1.165, 1.54) is 69.8 Å². The van der Waals surface area contributed by atoms with Gasteiger partial charge in [-0.25, -0.2) is 9.97 Å². The van der Waals surface area contributed by atoms with Gasteiger partial charge >= 0.3 is 0 Å². The molecule has 0 atom stereocenters. The lowest BCUT2D eigenvalue weighted by atomic mass is 9.98. The van der Waals surface area contributed by atoms with Gasteiger partial charge in [0.2, 0.25) is 0 Å². The quantitative estimate of drug-likeness (QED) is 0.181. The highest BCUT2D eigenvalue weighted by Crippen LogP contribution is 2.51. The summed E-state index contributed by atoms with van der Waals surface area (Å²) < 4.78 is 6.35. The van der Waals surface area contributed by atoms with Crippen LogP contribution in [-0.2, 0) is 6.42 Å². The van der Waals surface area contributed by atoms with Crippen molar-refractivity contribution in [2.45, 2.75) is 12.8 Å². The predicted octanol–water partition coefficient (Wildman–Crippen LogP) is 13.3. The molecule has 1 aliphatic rings. The first kappa shape index (κ1) is 30.6. The van der Waals surface area contributed by atoms with Crippen molar-refractivity contribution in [3.05, 3.63) is 174 Å². The summed E-state index contributed by atoms with van der Waals surface area (Å²) in [5, 5.41) is 7.50. The van der Waals surface area contributed by atoms with Crippen LogP contribution in [-0.4, -0.2) is 19.1 Å².